The van der Waals surface area contributed by atoms with Crippen LogP contribution in [0.2, 0.25) is 5.15 Å². The highest BCUT2D eigenvalue weighted by Gasteiger charge is 2.24. The Morgan fingerprint density at radius 2 is 2.00 bits per heavy atom. The number of pyridine rings is 1. The van der Waals surface area contributed by atoms with E-state index in [0.717, 1.165) is 0 Å². The number of nitrogens with one attached hydrogen (secondary N) is 1. The summed E-state index contributed by atoms with van der Waals surface area (Å²) in [5.41, 5.74) is 0.906. The molecule has 0 saturated carbocycles. The average molecular weight is 271 g/mol. The van der Waals surface area contributed by atoms with Crippen LogP contribution in [0.15, 0.2) is 12.1 Å². The first kappa shape index (κ1) is 14.4. The quantitative estimate of drug-likeness (QED) is 0.819. The van der Waals surface area contributed by atoms with Gasteiger partial charge in [-0.25, -0.2) is 9.78 Å². The summed E-state index contributed by atoms with van der Waals surface area (Å²) in [6.07, 6.45) is 0. The highest BCUT2D eigenvalue weighted by atomic mass is 35.5. The van der Waals surface area contributed by atoms with Crippen molar-refractivity contribution in [3.63, 3.8) is 0 Å². The summed E-state index contributed by atoms with van der Waals surface area (Å²) >= 11 is 5.75. The van der Waals surface area contributed by atoms with Crippen LogP contribution in [-0.4, -0.2) is 28.0 Å². The maximum Gasteiger partial charge on any atom is 0.326 e. The van der Waals surface area contributed by atoms with Crippen LogP contribution in [0.1, 0.15) is 29.9 Å². The van der Waals surface area contributed by atoms with Crippen molar-refractivity contribution in [2.24, 2.45) is 5.92 Å². The van der Waals surface area contributed by atoms with Crippen molar-refractivity contribution >= 4 is 23.5 Å². The van der Waals surface area contributed by atoms with Gasteiger partial charge in [0.1, 0.15) is 11.2 Å². The topological polar surface area (TPSA) is 79.3 Å². The van der Waals surface area contributed by atoms with E-state index in [1.54, 1.807) is 26.8 Å². The van der Waals surface area contributed by atoms with E-state index >= 15 is 0 Å². The van der Waals surface area contributed by atoms with Crippen LogP contribution >= 0.6 is 11.6 Å². The standard InChI is InChI=1S/C12H15ClN2O3/c1-6(2)10(12(17)18)15-11(16)8-4-7(3)14-9(13)5-8/h4-6,10H,1-3H3,(H,15,16)(H,17,18)/t10-/m1/s1. The van der Waals surface area contributed by atoms with Gasteiger partial charge in [-0.3, -0.25) is 4.79 Å². The van der Waals surface area contributed by atoms with Crippen LogP contribution in [0.3, 0.4) is 0 Å². The highest BCUT2D eigenvalue weighted by Crippen LogP contribution is 2.11. The van der Waals surface area contributed by atoms with E-state index in [1.807, 2.05) is 0 Å². The lowest BCUT2D eigenvalue weighted by atomic mass is 10.0. The Morgan fingerprint density at radius 1 is 1.39 bits per heavy atom. The highest BCUT2D eigenvalue weighted by molar-refractivity contribution is 6.29. The lowest BCUT2D eigenvalue weighted by molar-refractivity contribution is -0.140. The van der Waals surface area contributed by atoms with Crippen molar-refractivity contribution in [3.05, 3.63) is 28.5 Å². The molecule has 5 nitrogen and oxygen atoms in total. The number of aliphatic carboxylic acids is 1. The number of amides is 1. The zero-order valence-electron chi connectivity index (χ0n) is 10.4. The second-order valence-electron chi connectivity index (χ2n) is 4.35. The van der Waals surface area contributed by atoms with Crippen LogP contribution in [0.4, 0.5) is 0 Å². The third-order valence-corrected chi connectivity index (χ3v) is 2.60. The number of aryl methyl sites for hydroxylation is 1. The fourth-order valence-corrected chi connectivity index (χ4v) is 1.75. The van der Waals surface area contributed by atoms with E-state index in [2.05, 4.69) is 10.3 Å². The van der Waals surface area contributed by atoms with Gasteiger partial charge in [-0.2, -0.15) is 0 Å². The molecule has 0 aliphatic heterocycles. The van der Waals surface area contributed by atoms with Crippen LogP contribution in [-0.2, 0) is 4.79 Å². The second kappa shape index (κ2) is 5.82. The molecular formula is C12H15ClN2O3. The number of halogens is 1. The Morgan fingerprint density at radius 3 is 2.44 bits per heavy atom. The first-order valence-electron chi connectivity index (χ1n) is 5.49. The van der Waals surface area contributed by atoms with Crippen molar-refractivity contribution in [3.8, 4) is 0 Å². The van der Waals surface area contributed by atoms with E-state index in [1.165, 1.54) is 6.07 Å². The summed E-state index contributed by atoms with van der Waals surface area (Å²) in [7, 11) is 0. The summed E-state index contributed by atoms with van der Waals surface area (Å²) in [6, 6.07) is 2.04. The van der Waals surface area contributed by atoms with Gasteiger partial charge in [0.2, 0.25) is 0 Å². The van der Waals surface area contributed by atoms with Gasteiger partial charge in [-0.15, -0.1) is 0 Å². The first-order valence-corrected chi connectivity index (χ1v) is 5.87. The van der Waals surface area contributed by atoms with E-state index in [4.69, 9.17) is 16.7 Å². The van der Waals surface area contributed by atoms with Crippen molar-refractivity contribution < 1.29 is 14.7 Å². The van der Waals surface area contributed by atoms with E-state index < -0.39 is 17.9 Å². The molecule has 0 fully saturated rings. The van der Waals surface area contributed by atoms with E-state index in [0.29, 0.717) is 11.3 Å². The Bertz CT molecular complexity index is 454. The molecule has 98 valence electrons. The maximum absolute atomic E-state index is 11.9. The van der Waals surface area contributed by atoms with Crippen molar-refractivity contribution in [1.29, 1.82) is 0 Å². The predicted octanol–water partition coefficient (Wildman–Crippen LogP) is 1.88. The average Bonchev–Trinajstić information content (AvgIpc) is 2.23. The first-order chi connectivity index (χ1) is 8.31. The van der Waals surface area contributed by atoms with Crippen molar-refractivity contribution in [2.75, 3.05) is 0 Å². The van der Waals surface area contributed by atoms with Crippen LogP contribution in [0.25, 0.3) is 0 Å². The molecule has 1 heterocycles. The third-order valence-electron chi connectivity index (χ3n) is 2.40. The molecule has 1 rings (SSSR count). The summed E-state index contributed by atoms with van der Waals surface area (Å²) in [6.45, 7) is 5.16. The molecule has 0 aliphatic rings. The zero-order chi connectivity index (χ0) is 13.9. The molecule has 0 unspecified atom stereocenters. The minimum Gasteiger partial charge on any atom is -0.480 e. The summed E-state index contributed by atoms with van der Waals surface area (Å²) < 4.78 is 0. The molecule has 0 aliphatic carbocycles. The number of aromatic nitrogens is 1. The summed E-state index contributed by atoms with van der Waals surface area (Å²) in [5, 5.41) is 11.7. The predicted molar refractivity (Wildman–Crippen MR) is 67.7 cm³/mol. The van der Waals surface area contributed by atoms with Crippen molar-refractivity contribution in [2.45, 2.75) is 26.8 Å². The maximum atomic E-state index is 11.9. The molecule has 18 heavy (non-hydrogen) atoms. The molecule has 1 aromatic heterocycles. The van der Waals surface area contributed by atoms with Gasteiger partial charge in [-0.05, 0) is 25.0 Å². The molecule has 1 aromatic rings. The fraction of sp³-hybridized carbons (Fsp3) is 0.417. The van der Waals surface area contributed by atoms with Gasteiger partial charge in [0.15, 0.2) is 0 Å². The van der Waals surface area contributed by atoms with Crippen LogP contribution < -0.4 is 5.32 Å². The molecule has 6 heteroatoms. The molecule has 0 saturated heterocycles. The Hall–Kier alpha value is -1.62. The Kier molecular flexibility index (Phi) is 4.67. The Balaban J connectivity index is 2.90. The monoisotopic (exact) mass is 270 g/mol. The van der Waals surface area contributed by atoms with Gasteiger partial charge >= 0.3 is 5.97 Å². The molecule has 2 N–H and O–H groups in total. The number of rotatable bonds is 4. The lowest BCUT2D eigenvalue weighted by Crippen LogP contribution is -2.44. The van der Waals surface area contributed by atoms with Gasteiger partial charge in [-0.1, -0.05) is 25.4 Å². The van der Waals surface area contributed by atoms with E-state index in [-0.39, 0.29) is 11.1 Å². The SMILES string of the molecule is Cc1cc(C(=O)N[C@@H](C(=O)O)C(C)C)cc(Cl)n1. The van der Waals surface area contributed by atoms with Gasteiger partial charge in [0, 0.05) is 11.3 Å². The molecular weight excluding hydrogens is 256 g/mol. The largest absolute Gasteiger partial charge is 0.480 e. The number of hydrogen-bond acceptors (Lipinski definition) is 3. The smallest absolute Gasteiger partial charge is 0.326 e. The number of carbonyl (C=O) groups is 2. The van der Waals surface area contributed by atoms with Gasteiger partial charge < -0.3 is 10.4 Å². The number of hydrogen-bond donors (Lipinski definition) is 2. The van der Waals surface area contributed by atoms with Crippen LogP contribution in [0, 0.1) is 12.8 Å². The van der Waals surface area contributed by atoms with Gasteiger partial charge in [0.25, 0.3) is 5.91 Å². The zero-order valence-corrected chi connectivity index (χ0v) is 11.2. The summed E-state index contributed by atoms with van der Waals surface area (Å²) in [5.74, 6) is -1.73. The molecule has 1 amide bonds. The fourth-order valence-electron chi connectivity index (χ4n) is 1.50. The molecule has 0 radical (unpaired) electrons. The normalized spacial score (nSPS) is 12.3. The van der Waals surface area contributed by atoms with Crippen molar-refractivity contribution in [1.82, 2.24) is 10.3 Å². The summed E-state index contributed by atoms with van der Waals surface area (Å²) in [4.78, 5) is 26.8. The van der Waals surface area contributed by atoms with E-state index in [9.17, 15) is 9.59 Å². The molecule has 1 atom stereocenters. The lowest BCUT2D eigenvalue weighted by Gasteiger charge is -2.18. The molecule has 0 aromatic carbocycles. The number of carbonyl (C=O) groups excluding carboxylic acids is 1. The Labute approximate surface area is 110 Å². The number of nitrogens with zero attached hydrogens (tertiary/aromatic N) is 1. The third kappa shape index (κ3) is 3.70. The second-order valence-corrected chi connectivity index (χ2v) is 4.74. The molecule has 0 bridgehead atoms. The number of carboxylic acids is 1. The number of carboxylic acid groups (broad SMARTS) is 1. The van der Waals surface area contributed by atoms with Gasteiger partial charge in [0.05, 0.1) is 0 Å². The molecule has 0 spiro atoms. The minimum atomic E-state index is -1.06. The minimum absolute atomic E-state index is 0.204. The van der Waals surface area contributed by atoms with Crippen LogP contribution in [0.5, 0.6) is 0 Å².